The van der Waals surface area contributed by atoms with Crippen molar-refractivity contribution in [1.82, 2.24) is 5.32 Å². The number of benzene rings is 1. The molecule has 0 saturated carbocycles. The normalized spacial score (nSPS) is 16.0. The van der Waals surface area contributed by atoms with Gasteiger partial charge in [0.05, 0.1) is 12.3 Å². The fourth-order valence-electron chi connectivity index (χ4n) is 2.47. The van der Waals surface area contributed by atoms with Crippen LogP contribution in [0.3, 0.4) is 0 Å². The van der Waals surface area contributed by atoms with Gasteiger partial charge in [-0.3, -0.25) is 0 Å². The van der Waals surface area contributed by atoms with E-state index in [2.05, 4.69) is 35.3 Å². The number of anilines is 1. The molecular weight excluding hydrogens is 252 g/mol. The van der Waals surface area contributed by atoms with Gasteiger partial charge in [-0.1, -0.05) is 6.07 Å². The predicted molar refractivity (Wildman–Crippen MR) is 82.9 cm³/mol. The van der Waals surface area contributed by atoms with Crippen molar-refractivity contribution in [2.45, 2.75) is 19.8 Å². The molecule has 112 valence electrons. The Morgan fingerprint density at radius 3 is 2.95 bits per heavy atom. The van der Waals surface area contributed by atoms with E-state index in [1.165, 1.54) is 17.7 Å². The van der Waals surface area contributed by atoms with Crippen LogP contribution in [0.25, 0.3) is 0 Å². The zero-order valence-corrected chi connectivity index (χ0v) is 12.7. The van der Waals surface area contributed by atoms with Crippen LogP contribution in [0.15, 0.2) is 18.2 Å². The van der Waals surface area contributed by atoms with Crippen LogP contribution in [-0.4, -0.2) is 46.5 Å². The number of ether oxygens (including phenoxy) is 2. The van der Waals surface area contributed by atoms with Gasteiger partial charge in [-0.05, 0) is 37.6 Å². The van der Waals surface area contributed by atoms with Crippen LogP contribution < -0.4 is 15.0 Å². The molecule has 2 rings (SSSR count). The Labute approximate surface area is 122 Å². The maximum atomic E-state index is 5.95. The van der Waals surface area contributed by atoms with E-state index < -0.39 is 0 Å². The fourth-order valence-corrected chi connectivity index (χ4v) is 2.47. The summed E-state index contributed by atoms with van der Waals surface area (Å²) in [5.74, 6) is 0.994. The monoisotopic (exact) mass is 278 g/mol. The highest BCUT2D eigenvalue weighted by Gasteiger charge is 2.14. The molecule has 0 atom stereocenters. The van der Waals surface area contributed by atoms with Crippen LogP contribution in [0.2, 0.25) is 0 Å². The second kappa shape index (κ2) is 8.12. The molecule has 4 heteroatoms. The smallest absolute Gasteiger partial charge is 0.142 e. The van der Waals surface area contributed by atoms with Crippen molar-refractivity contribution in [3.05, 3.63) is 23.8 Å². The first kappa shape index (κ1) is 15.1. The van der Waals surface area contributed by atoms with Crippen LogP contribution in [-0.2, 0) is 4.74 Å². The fraction of sp³-hybridized carbons (Fsp3) is 0.625. The largest absolute Gasteiger partial charge is 0.491 e. The van der Waals surface area contributed by atoms with Crippen molar-refractivity contribution >= 4 is 5.69 Å². The van der Waals surface area contributed by atoms with Crippen LogP contribution in [0.1, 0.15) is 18.4 Å². The molecule has 1 fully saturated rings. The van der Waals surface area contributed by atoms with E-state index in [1.807, 2.05) is 0 Å². The predicted octanol–water partition coefficient (Wildman–Crippen LogP) is 2.21. The average Bonchev–Trinajstić information content (AvgIpc) is 2.74. The summed E-state index contributed by atoms with van der Waals surface area (Å²) in [6.45, 7) is 7.85. The Morgan fingerprint density at radius 2 is 2.10 bits per heavy atom. The number of methoxy groups -OCH3 is 1. The van der Waals surface area contributed by atoms with Crippen LogP contribution in [0.5, 0.6) is 5.75 Å². The summed E-state index contributed by atoms with van der Waals surface area (Å²) >= 11 is 0. The molecular formula is C16H26N2O2. The third-order valence-electron chi connectivity index (χ3n) is 3.55. The van der Waals surface area contributed by atoms with Crippen molar-refractivity contribution in [1.29, 1.82) is 0 Å². The highest BCUT2D eigenvalue weighted by atomic mass is 16.5. The first-order chi connectivity index (χ1) is 9.81. The molecule has 0 radical (unpaired) electrons. The molecule has 0 unspecified atom stereocenters. The van der Waals surface area contributed by atoms with Gasteiger partial charge in [0.25, 0.3) is 0 Å². The van der Waals surface area contributed by atoms with Crippen LogP contribution >= 0.6 is 0 Å². The van der Waals surface area contributed by atoms with Crippen LogP contribution in [0.4, 0.5) is 5.69 Å². The molecule has 1 aromatic carbocycles. The average molecular weight is 278 g/mol. The highest BCUT2D eigenvalue weighted by molar-refractivity contribution is 5.60. The van der Waals surface area contributed by atoms with Gasteiger partial charge in [0, 0.05) is 39.8 Å². The summed E-state index contributed by atoms with van der Waals surface area (Å²) in [5.41, 5.74) is 2.51. The lowest BCUT2D eigenvalue weighted by molar-refractivity contribution is 0.172. The quantitative estimate of drug-likeness (QED) is 0.809. The molecule has 1 N–H and O–H groups in total. The summed E-state index contributed by atoms with van der Waals surface area (Å²) in [6, 6.07) is 6.44. The van der Waals surface area contributed by atoms with Gasteiger partial charge < -0.3 is 19.7 Å². The summed E-state index contributed by atoms with van der Waals surface area (Å²) < 4.78 is 11.0. The molecule has 1 aliphatic heterocycles. The van der Waals surface area contributed by atoms with E-state index >= 15 is 0 Å². The summed E-state index contributed by atoms with van der Waals surface area (Å²) in [5, 5.41) is 3.44. The number of hydrogen-bond acceptors (Lipinski definition) is 4. The minimum Gasteiger partial charge on any atom is -0.491 e. The maximum Gasteiger partial charge on any atom is 0.142 e. The zero-order chi connectivity index (χ0) is 14.2. The Kier molecular flexibility index (Phi) is 6.15. The summed E-state index contributed by atoms with van der Waals surface area (Å²) in [7, 11) is 1.72. The Morgan fingerprint density at radius 1 is 1.20 bits per heavy atom. The van der Waals surface area contributed by atoms with E-state index in [0.717, 1.165) is 45.0 Å². The van der Waals surface area contributed by atoms with Gasteiger partial charge in [0.2, 0.25) is 0 Å². The molecule has 20 heavy (non-hydrogen) atoms. The van der Waals surface area contributed by atoms with Gasteiger partial charge in [0.15, 0.2) is 0 Å². The van der Waals surface area contributed by atoms with Gasteiger partial charge in [-0.2, -0.15) is 0 Å². The standard InChI is InChI=1S/C16H26N2O2/c1-14-5-6-16(20-12-4-11-19-2)15(13-14)18-9-3-7-17-8-10-18/h5-6,13,17H,3-4,7-12H2,1-2H3. The highest BCUT2D eigenvalue weighted by Crippen LogP contribution is 2.30. The molecule has 0 aliphatic carbocycles. The molecule has 4 nitrogen and oxygen atoms in total. The third kappa shape index (κ3) is 4.39. The number of hydrogen-bond donors (Lipinski definition) is 1. The van der Waals surface area contributed by atoms with Gasteiger partial charge >= 0.3 is 0 Å². The molecule has 1 saturated heterocycles. The minimum absolute atomic E-state index is 0.704. The SMILES string of the molecule is COCCCOc1ccc(C)cc1N1CCCNCC1. The van der Waals surface area contributed by atoms with Crippen molar-refractivity contribution in [2.75, 3.05) is 51.4 Å². The topological polar surface area (TPSA) is 33.7 Å². The van der Waals surface area contributed by atoms with Crippen molar-refractivity contribution in [2.24, 2.45) is 0 Å². The second-order valence-electron chi connectivity index (χ2n) is 5.26. The van der Waals surface area contributed by atoms with Gasteiger partial charge in [0.1, 0.15) is 5.75 Å². The second-order valence-corrected chi connectivity index (χ2v) is 5.26. The Bertz CT molecular complexity index is 401. The Balaban J connectivity index is 2.06. The van der Waals surface area contributed by atoms with E-state index in [0.29, 0.717) is 6.61 Å². The van der Waals surface area contributed by atoms with Crippen molar-refractivity contribution < 1.29 is 9.47 Å². The lowest BCUT2D eigenvalue weighted by Crippen LogP contribution is -2.28. The van der Waals surface area contributed by atoms with E-state index in [-0.39, 0.29) is 0 Å². The van der Waals surface area contributed by atoms with Gasteiger partial charge in [-0.25, -0.2) is 0 Å². The molecule has 1 heterocycles. The number of aryl methyl sites for hydroxylation is 1. The van der Waals surface area contributed by atoms with Crippen molar-refractivity contribution in [3.8, 4) is 5.75 Å². The molecule has 0 aromatic heterocycles. The van der Waals surface area contributed by atoms with E-state index in [4.69, 9.17) is 9.47 Å². The lowest BCUT2D eigenvalue weighted by atomic mass is 10.2. The van der Waals surface area contributed by atoms with E-state index in [9.17, 15) is 0 Å². The zero-order valence-electron chi connectivity index (χ0n) is 12.7. The molecule has 1 aromatic rings. The van der Waals surface area contributed by atoms with Gasteiger partial charge in [-0.15, -0.1) is 0 Å². The molecule has 1 aliphatic rings. The van der Waals surface area contributed by atoms with Crippen LogP contribution in [0, 0.1) is 6.92 Å². The molecule has 0 spiro atoms. The summed E-state index contributed by atoms with van der Waals surface area (Å²) in [6.07, 6.45) is 2.10. The number of nitrogens with one attached hydrogen (secondary N) is 1. The maximum absolute atomic E-state index is 5.95. The first-order valence-electron chi connectivity index (χ1n) is 7.49. The molecule has 0 amide bonds. The number of rotatable bonds is 6. The summed E-state index contributed by atoms with van der Waals surface area (Å²) in [4.78, 5) is 2.43. The van der Waals surface area contributed by atoms with Crippen molar-refractivity contribution in [3.63, 3.8) is 0 Å². The Hall–Kier alpha value is -1.26. The third-order valence-corrected chi connectivity index (χ3v) is 3.55. The first-order valence-corrected chi connectivity index (χ1v) is 7.49. The number of nitrogens with zero attached hydrogens (tertiary/aromatic N) is 1. The molecule has 0 bridgehead atoms. The lowest BCUT2D eigenvalue weighted by Gasteiger charge is -2.25. The van der Waals surface area contributed by atoms with E-state index in [1.54, 1.807) is 7.11 Å². The minimum atomic E-state index is 0.704.